The Morgan fingerprint density at radius 3 is 2.41 bits per heavy atom. The summed E-state index contributed by atoms with van der Waals surface area (Å²) < 4.78 is 30.3. The van der Waals surface area contributed by atoms with Crippen molar-refractivity contribution in [2.24, 2.45) is 0 Å². The SMILES string of the molecule is Cc1ccc(C)c(COc2cc(NC(=O)c3ccc(I)cc3)ccc2NCS(C)(=O)=O)c1. The average Bonchev–Trinajstić information content (AvgIpc) is 2.73. The van der Waals surface area contributed by atoms with Crippen molar-refractivity contribution in [1.29, 1.82) is 0 Å². The van der Waals surface area contributed by atoms with Crippen LogP contribution in [-0.2, 0) is 16.4 Å². The van der Waals surface area contributed by atoms with Crippen LogP contribution >= 0.6 is 22.6 Å². The number of carbonyl (C=O) groups excluding carboxylic acids is 1. The smallest absolute Gasteiger partial charge is 0.255 e. The number of hydrogen-bond acceptors (Lipinski definition) is 5. The first kappa shape index (κ1) is 24.1. The molecule has 0 heterocycles. The van der Waals surface area contributed by atoms with E-state index in [1.54, 1.807) is 30.3 Å². The molecular formula is C24H25IN2O4S. The molecule has 0 aliphatic heterocycles. The molecule has 2 N–H and O–H groups in total. The number of benzene rings is 3. The molecule has 32 heavy (non-hydrogen) atoms. The molecule has 8 heteroatoms. The van der Waals surface area contributed by atoms with Crippen molar-refractivity contribution in [2.75, 3.05) is 22.8 Å². The molecule has 0 aliphatic rings. The van der Waals surface area contributed by atoms with Crippen LogP contribution in [0.3, 0.4) is 0 Å². The van der Waals surface area contributed by atoms with Gasteiger partial charge in [0.1, 0.15) is 18.2 Å². The Morgan fingerprint density at radius 1 is 1.00 bits per heavy atom. The van der Waals surface area contributed by atoms with Gasteiger partial charge in [0.2, 0.25) is 0 Å². The van der Waals surface area contributed by atoms with Crippen LogP contribution in [-0.4, -0.2) is 26.5 Å². The number of anilines is 2. The lowest BCUT2D eigenvalue weighted by Crippen LogP contribution is -2.14. The number of aryl methyl sites for hydroxylation is 2. The fraction of sp³-hybridized carbons (Fsp3) is 0.208. The third kappa shape index (κ3) is 6.96. The molecular weight excluding hydrogens is 539 g/mol. The van der Waals surface area contributed by atoms with Gasteiger partial charge in [-0.2, -0.15) is 0 Å². The van der Waals surface area contributed by atoms with Crippen molar-refractivity contribution in [2.45, 2.75) is 20.5 Å². The molecule has 0 radical (unpaired) electrons. The molecule has 3 rings (SSSR count). The second kappa shape index (κ2) is 10.4. The lowest BCUT2D eigenvalue weighted by atomic mass is 10.1. The van der Waals surface area contributed by atoms with Crippen molar-refractivity contribution in [3.05, 3.63) is 86.5 Å². The lowest BCUT2D eigenvalue weighted by molar-refractivity contribution is 0.102. The van der Waals surface area contributed by atoms with Gasteiger partial charge in [-0.15, -0.1) is 0 Å². The molecule has 0 aromatic heterocycles. The number of hydrogen-bond donors (Lipinski definition) is 2. The maximum Gasteiger partial charge on any atom is 0.255 e. The molecule has 0 bridgehead atoms. The van der Waals surface area contributed by atoms with E-state index >= 15 is 0 Å². The zero-order valence-corrected chi connectivity index (χ0v) is 21.1. The Morgan fingerprint density at radius 2 is 1.72 bits per heavy atom. The van der Waals surface area contributed by atoms with Crippen LogP contribution in [0, 0.1) is 17.4 Å². The summed E-state index contributed by atoms with van der Waals surface area (Å²) in [5.74, 6) is -0.00466. The molecule has 6 nitrogen and oxygen atoms in total. The fourth-order valence-corrected chi connectivity index (χ4v) is 3.77. The minimum atomic E-state index is -3.22. The normalized spacial score (nSPS) is 11.1. The second-order valence-electron chi connectivity index (χ2n) is 7.64. The summed E-state index contributed by atoms with van der Waals surface area (Å²) in [6, 6.07) is 18.5. The number of ether oxygens (including phenoxy) is 1. The standard InChI is InChI=1S/C24H25IN2O4S/c1-16-4-5-17(2)19(12-16)14-31-23-13-21(10-11-22(23)26-15-32(3,29)30)27-24(28)18-6-8-20(25)9-7-18/h4-13,26H,14-15H2,1-3H3,(H,27,28). The van der Waals surface area contributed by atoms with Gasteiger partial charge in [-0.3, -0.25) is 4.79 Å². The zero-order valence-electron chi connectivity index (χ0n) is 18.1. The Hall–Kier alpha value is -2.59. The first-order chi connectivity index (χ1) is 15.1. The van der Waals surface area contributed by atoms with E-state index in [0.29, 0.717) is 29.3 Å². The van der Waals surface area contributed by atoms with Crippen LogP contribution in [0.5, 0.6) is 5.75 Å². The highest BCUT2D eigenvalue weighted by atomic mass is 127. The summed E-state index contributed by atoms with van der Waals surface area (Å²) in [5.41, 5.74) is 4.89. The maximum atomic E-state index is 12.6. The number of halogens is 1. The molecule has 3 aromatic rings. The van der Waals surface area contributed by atoms with Crippen molar-refractivity contribution in [3.63, 3.8) is 0 Å². The number of carbonyl (C=O) groups is 1. The van der Waals surface area contributed by atoms with Gasteiger partial charge in [0.05, 0.1) is 5.69 Å². The first-order valence-electron chi connectivity index (χ1n) is 9.92. The Labute approximate surface area is 202 Å². The van der Waals surface area contributed by atoms with E-state index in [1.807, 2.05) is 38.1 Å². The highest BCUT2D eigenvalue weighted by Crippen LogP contribution is 2.30. The molecule has 0 spiro atoms. The molecule has 168 valence electrons. The van der Waals surface area contributed by atoms with Gasteiger partial charge < -0.3 is 15.4 Å². The summed E-state index contributed by atoms with van der Waals surface area (Å²) in [4.78, 5) is 12.6. The minimum absolute atomic E-state index is 0.221. The van der Waals surface area contributed by atoms with Crippen molar-refractivity contribution in [1.82, 2.24) is 0 Å². The minimum Gasteiger partial charge on any atom is -0.487 e. The molecule has 3 aromatic carbocycles. The molecule has 0 saturated heterocycles. The summed E-state index contributed by atoms with van der Waals surface area (Å²) in [6.45, 7) is 4.34. The van der Waals surface area contributed by atoms with Crippen molar-refractivity contribution in [3.8, 4) is 5.75 Å². The predicted molar refractivity (Wildman–Crippen MR) is 137 cm³/mol. The number of amides is 1. The fourth-order valence-electron chi connectivity index (χ4n) is 2.99. The van der Waals surface area contributed by atoms with Gasteiger partial charge in [0.25, 0.3) is 5.91 Å². The largest absolute Gasteiger partial charge is 0.487 e. The van der Waals surface area contributed by atoms with E-state index in [0.717, 1.165) is 26.5 Å². The van der Waals surface area contributed by atoms with E-state index < -0.39 is 9.84 Å². The third-order valence-corrected chi connectivity index (χ3v) is 6.15. The topological polar surface area (TPSA) is 84.5 Å². The van der Waals surface area contributed by atoms with Gasteiger partial charge in [0.15, 0.2) is 9.84 Å². The van der Waals surface area contributed by atoms with E-state index in [1.165, 1.54) is 0 Å². The van der Waals surface area contributed by atoms with E-state index in [-0.39, 0.29) is 11.8 Å². The van der Waals surface area contributed by atoms with Gasteiger partial charge in [-0.1, -0.05) is 23.8 Å². The molecule has 0 atom stereocenters. The zero-order chi connectivity index (χ0) is 23.3. The van der Waals surface area contributed by atoms with Crippen LogP contribution in [0.15, 0.2) is 60.7 Å². The van der Waals surface area contributed by atoms with Crippen LogP contribution in [0.25, 0.3) is 0 Å². The molecule has 1 amide bonds. The number of rotatable bonds is 8. The molecule has 0 aliphatic carbocycles. The van der Waals surface area contributed by atoms with E-state index in [2.05, 4.69) is 39.3 Å². The molecule has 0 unspecified atom stereocenters. The highest BCUT2D eigenvalue weighted by Gasteiger charge is 2.12. The summed E-state index contributed by atoms with van der Waals surface area (Å²) in [6.07, 6.45) is 1.16. The lowest BCUT2D eigenvalue weighted by Gasteiger charge is -2.16. The van der Waals surface area contributed by atoms with Crippen LogP contribution in [0.1, 0.15) is 27.0 Å². The average molecular weight is 564 g/mol. The Balaban J connectivity index is 1.83. The maximum absolute atomic E-state index is 12.6. The monoisotopic (exact) mass is 564 g/mol. The third-order valence-electron chi connectivity index (χ3n) is 4.76. The van der Waals surface area contributed by atoms with Gasteiger partial charge in [-0.25, -0.2) is 8.42 Å². The predicted octanol–water partition coefficient (Wildman–Crippen LogP) is 5.15. The van der Waals surface area contributed by atoms with Crippen LogP contribution < -0.4 is 15.4 Å². The summed E-state index contributed by atoms with van der Waals surface area (Å²) in [7, 11) is -3.22. The second-order valence-corrected chi connectivity index (χ2v) is 11.0. The van der Waals surface area contributed by atoms with Crippen molar-refractivity contribution < 1.29 is 17.9 Å². The summed E-state index contributed by atoms with van der Waals surface area (Å²) in [5, 5.41) is 5.78. The van der Waals surface area contributed by atoms with Crippen LogP contribution in [0.2, 0.25) is 0 Å². The quantitative estimate of drug-likeness (QED) is 0.370. The Bertz CT molecular complexity index is 1230. The Kier molecular flexibility index (Phi) is 7.78. The molecule has 0 fully saturated rings. The van der Waals surface area contributed by atoms with E-state index in [9.17, 15) is 13.2 Å². The van der Waals surface area contributed by atoms with Gasteiger partial charge >= 0.3 is 0 Å². The van der Waals surface area contributed by atoms with Gasteiger partial charge in [-0.05, 0) is 84.0 Å². The highest BCUT2D eigenvalue weighted by molar-refractivity contribution is 14.1. The number of nitrogens with one attached hydrogen (secondary N) is 2. The number of sulfone groups is 1. The summed E-state index contributed by atoms with van der Waals surface area (Å²) >= 11 is 2.18. The van der Waals surface area contributed by atoms with E-state index in [4.69, 9.17) is 4.74 Å². The first-order valence-corrected chi connectivity index (χ1v) is 13.1. The van der Waals surface area contributed by atoms with Crippen molar-refractivity contribution >= 4 is 49.7 Å². The van der Waals surface area contributed by atoms with Crippen LogP contribution in [0.4, 0.5) is 11.4 Å². The molecule has 0 saturated carbocycles. The van der Waals surface area contributed by atoms with Gasteiger partial charge in [0, 0.05) is 27.1 Å².